The fourth-order valence-corrected chi connectivity index (χ4v) is 1.64. The highest BCUT2D eigenvalue weighted by molar-refractivity contribution is 6.30. The average Bonchev–Trinajstić information content (AvgIpc) is 2.26. The number of rotatable bonds is 5. The number of aromatic carboxylic acids is 1. The van der Waals surface area contributed by atoms with Crippen LogP contribution in [0.2, 0.25) is 5.02 Å². The number of hydrogen-bond donors (Lipinski definition) is 1. The van der Waals surface area contributed by atoms with E-state index in [0.717, 1.165) is 0 Å². The predicted molar refractivity (Wildman–Crippen MR) is 63.4 cm³/mol. The second-order valence-corrected chi connectivity index (χ2v) is 3.85. The molecule has 0 saturated heterocycles. The fraction of sp³-hybridized carbons (Fsp3) is 0.333. The number of aryl methyl sites for hydroxylation is 1. The van der Waals surface area contributed by atoms with Gasteiger partial charge in [0.25, 0.3) is 0 Å². The Balaban J connectivity index is 2.78. The van der Waals surface area contributed by atoms with Crippen LogP contribution in [0.1, 0.15) is 29.3 Å². The number of halogens is 1. The van der Waals surface area contributed by atoms with Crippen LogP contribution < -0.4 is 0 Å². The number of ether oxygens (including phenoxy) is 1. The van der Waals surface area contributed by atoms with Crippen molar-refractivity contribution in [1.82, 2.24) is 0 Å². The second kappa shape index (κ2) is 6.25. The third kappa shape index (κ3) is 4.07. The minimum absolute atomic E-state index is 0.147. The van der Waals surface area contributed by atoms with Gasteiger partial charge in [-0.3, -0.25) is 4.79 Å². The summed E-state index contributed by atoms with van der Waals surface area (Å²) < 4.78 is 4.77. The molecule has 1 rings (SSSR count). The lowest BCUT2D eigenvalue weighted by Gasteiger charge is -2.06. The monoisotopic (exact) mass is 256 g/mol. The molecule has 1 N–H and O–H groups in total. The van der Waals surface area contributed by atoms with Gasteiger partial charge in [0.05, 0.1) is 12.2 Å². The van der Waals surface area contributed by atoms with Crippen molar-refractivity contribution < 1.29 is 19.4 Å². The number of carboxylic acids is 1. The minimum atomic E-state index is -1.03. The molecule has 0 unspecified atom stereocenters. The Morgan fingerprint density at radius 3 is 2.71 bits per heavy atom. The van der Waals surface area contributed by atoms with E-state index in [9.17, 15) is 9.59 Å². The van der Waals surface area contributed by atoms with Crippen LogP contribution in [0.25, 0.3) is 0 Å². The summed E-state index contributed by atoms with van der Waals surface area (Å²) >= 11 is 5.79. The normalized spacial score (nSPS) is 10.0. The van der Waals surface area contributed by atoms with Gasteiger partial charge in [0.1, 0.15) is 0 Å². The molecular formula is C12H13ClO4. The average molecular weight is 257 g/mol. The maximum Gasteiger partial charge on any atom is 0.335 e. The van der Waals surface area contributed by atoms with E-state index in [1.807, 2.05) is 0 Å². The summed E-state index contributed by atoms with van der Waals surface area (Å²) in [6.07, 6.45) is 0.454. The van der Waals surface area contributed by atoms with E-state index in [4.69, 9.17) is 21.4 Å². The van der Waals surface area contributed by atoms with E-state index in [-0.39, 0.29) is 18.0 Å². The van der Waals surface area contributed by atoms with Crippen LogP contribution in [0.4, 0.5) is 0 Å². The van der Waals surface area contributed by atoms with Gasteiger partial charge in [0, 0.05) is 11.4 Å². The maximum atomic E-state index is 11.2. The van der Waals surface area contributed by atoms with Crippen LogP contribution in [0, 0.1) is 0 Å². The van der Waals surface area contributed by atoms with Gasteiger partial charge in [-0.25, -0.2) is 4.79 Å². The number of carboxylic acid groups (broad SMARTS) is 1. The van der Waals surface area contributed by atoms with E-state index in [1.54, 1.807) is 13.0 Å². The van der Waals surface area contributed by atoms with Crippen LogP contribution in [-0.2, 0) is 16.0 Å². The Bertz CT molecular complexity index is 429. The van der Waals surface area contributed by atoms with E-state index in [2.05, 4.69) is 0 Å². The van der Waals surface area contributed by atoms with Crippen molar-refractivity contribution in [2.45, 2.75) is 19.8 Å². The fourth-order valence-electron chi connectivity index (χ4n) is 1.45. The molecule has 4 nitrogen and oxygen atoms in total. The summed E-state index contributed by atoms with van der Waals surface area (Å²) in [6, 6.07) is 4.51. The van der Waals surface area contributed by atoms with E-state index < -0.39 is 5.97 Å². The highest BCUT2D eigenvalue weighted by Gasteiger charge is 2.12. The SMILES string of the molecule is CCOC(=O)CCc1cc(Cl)ccc1C(=O)O. The Kier molecular flexibility index (Phi) is 4.97. The molecule has 0 amide bonds. The number of benzene rings is 1. The zero-order chi connectivity index (χ0) is 12.8. The number of carbonyl (C=O) groups is 2. The molecular weight excluding hydrogens is 244 g/mol. The smallest absolute Gasteiger partial charge is 0.335 e. The molecule has 0 bridgehead atoms. The van der Waals surface area contributed by atoms with E-state index in [1.165, 1.54) is 12.1 Å². The molecule has 0 saturated carbocycles. The lowest BCUT2D eigenvalue weighted by atomic mass is 10.0. The Morgan fingerprint density at radius 2 is 2.12 bits per heavy atom. The van der Waals surface area contributed by atoms with Gasteiger partial charge in [-0.15, -0.1) is 0 Å². The zero-order valence-corrected chi connectivity index (χ0v) is 10.2. The summed E-state index contributed by atoms with van der Waals surface area (Å²) in [4.78, 5) is 22.1. The molecule has 0 heterocycles. The van der Waals surface area contributed by atoms with Crippen molar-refractivity contribution in [1.29, 1.82) is 0 Å². The Morgan fingerprint density at radius 1 is 1.41 bits per heavy atom. The van der Waals surface area contributed by atoms with Crippen molar-refractivity contribution in [3.63, 3.8) is 0 Å². The zero-order valence-electron chi connectivity index (χ0n) is 9.40. The van der Waals surface area contributed by atoms with Gasteiger partial charge in [0.15, 0.2) is 0 Å². The van der Waals surface area contributed by atoms with E-state index >= 15 is 0 Å². The van der Waals surface area contributed by atoms with Gasteiger partial charge in [-0.2, -0.15) is 0 Å². The summed E-state index contributed by atoms with van der Waals surface area (Å²) in [5.74, 6) is -1.37. The first-order valence-electron chi connectivity index (χ1n) is 5.22. The molecule has 1 aromatic carbocycles. The molecule has 5 heteroatoms. The third-order valence-electron chi connectivity index (χ3n) is 2.20. The molecule has 0 aliphatic carbocycles. The van der Waals surface area contributed by atoms with Crippen LogP contribution in [0.3, 0.4) is 0 Å². The highest BCUT2D eigenvalue weighted by Crippen LogP contribution is 2.18. The van der Waals surface area contributed by atoms with E-state index in [0.29, 0.717) is 23.6 Å². The molecule has 17 heavy (non-hydrogen) atoms. The summed E-state index contributed by atoms with van der Waals surface area (Å²) in [5, 5.41) is 9.42. The lowest BCUT2D eigenvalue weighted by Crippen LogP contribution is -2.08. The van der Waals surface area contributed by atoms with Crippen molar-refractivity contribution >= 4 is 23.5 Å². The molecule has 0 atom stereocenters. The van der Waals surface area contributed by atoms with Crippen LogP contribution in [-0.4, -0.2) is 23.7 Å². The molecule has 0 fully saturated rings. The number of hydrogen-bond acceptors (Lipinski definition) is 3. The maximum absolute atomic E-state index is 11.2. The Hall–Kier alpha value is -1.55. The summed E-state index contributed by atoms with van der Waals surface area (Å²) in [5.41, 5.74) is 0.705. The van der Waals surface area contributed by atoms with Crippen LogP contribution in [0.15, 0.2) is 18.2 Å². The van der Waals surface area contributed by atoms with Gasteiger partial charge in [0.2, 0.25) is 0 Å². The summed E-state index contributed by atoms with van der Waals surface area (Å²) in [6.45, 7) is 2.04. The van der Waals surface area contributed by atoms with Crippen molar-refractivity contribution in [3.8, 4) is 0 Å². The second-order valence-electron chi connectivity index (χ2n) is 3.41. The first-order chi connectivity index (χ1) is 8.04. The predicted octanol–water partition coefficient (Wildman–Crippen LogP) is 2.53. The van der Waals surface area contributed by atoms with Gasteiger partial charge in [-0.05, 0) is 37.1 Å². The number of esters is 1. The first kappa shape index (κ1) is 13.5. The number of carbonyl (C=O) groups excluding carboxylic acids is 1. The third-order valence-corrected chi connectivity index (χ3v) is 2.44. The minimum Gasteiger partial charge on any atom is -0.478 e. The quantitative estimate of drug-likeness (QED) is 0.823. The summed E-state index contributed by atoms with van der Waals surface area (Å²) in [7, 11) is 0. The molecule has 0 spiro atoms. The Labute approximate surface area is 104 Å². The molecule has 0 radical (unpaired) electrons. The van der Waals surface area contributed by atoms with Crippen LogP contribution in [0.5, 0.6) is 0 Å². The molecule has 0 aliphatic rings. The standard InChI is InChI=1S/C12H13ClO4/c1-2-17-11(14)6-3-8-7-9(13)4-5-10(8)12(15)16/h4-5,7H,2-3,6H2,1H3,(H,15,16). The van der Waals surface area contributed by atoms with Crippen molar-refractivity contribution in [3.05, 3.63) is 34.3 Å². The van der Waals surface area contributed by atoms with Gasteiger partial charge >= 0.3 is 11.9 Å². The lowest BCUT2D eigenvalue weighted by molar-refractivity contribution is -0.143. The highest BCUT2D eigenvalue weighted by atomic mass is 35.5. The topological polar surface area (TPSA) is 63.6 Å². The molecule has 0 aliphatic heterocycles. The van der Waals surface area contributed by atoms with Crippen molar-refractivity contribution in [2.24, 2.45) is 0 Å². The van der Waals surface area contributed by atoms with Crippen LogP contribution >= 0.6 is 11.6 Å². The largest absolute Gasteiger partial charge is 0.478 e. The van der Waals surface area contributed by atoms with Gasteiger partial charge < -0.3 is 9.84 Å². The van der Waals surface area contributed by atoms with Gasteiger partial charge in [-0.1, -0.05) is 11.6 Å². The molecule has 0 aromatic heterocycles. The first-order valence-corrected chi connectivity index (χ1v) is 5.59. The molecule has 92 valence electrons. The molecule has 1 aromatic rings. The van der Waals surface area contributed by atoms with Crippen molar-refractivity contribution in [2.75, 3.05) is 6.61 Å².